The summed E-state index contributed by atoms with van der Waals surface area (Å²) < 4.78 is 24.0. The second-order valence-electron chi connectivity index (χ2n) is 11.8. The van der Waals surface area contributed by atoms with Crippen molar-refractivity contribution in [2.45, 2.75) is 26.2 Å². The van der Waals surface area contributed by atoms with E-state index in [1.54, 1.807) is 0 Å². The fourth-order valence-electron chi connectivity index (χ4n) is 5.68. The van der Waals surface area contributed by atoms with Crippen LogP contribution in [0.1, 0.15) is 39.8 Å². The number of rotatable bonds is 17. The van der Waals surface area contributed by atoms with E-state index < -0.39 is 0 Å². The van der Waals surface area contributed by atoms with E-state index in [1.807, 2.05) is 91.0 Å². The van der Waals surface area contributed by atoms with Crippen LogP contribution in [0.4, 0.5) is 0 Å². The summed E-state index contributed by atoms with van der Waals surface area (Å²) in [6, 6.07) is 55.4. The molecule has 0 heterocycles. The summed E-state index contributed by atoms with van der Waals surface area (Å²) >= 11 is 6.48. The van der Waals surface area contributed by atoms with Crippen molar-refractivity contribution in [3.8, 4) is 17.2 Å². The van der Waals surface area contributed by atoms with Crippen LogP contribution >= 0.6 is 11.6 Å². The minimum atomic E-state index is 0.468. The lowest BCUT2D eigenvalue weighted by Gasteiger charge is -2.18. The summed E-state index contributed by atoms with van der Waals surface area (Å²) in [5, 5.41) is 0. The van der Waals surface area contributed by atoms with Crippen LogP contribution < -0.4 is 14.2 Å². The summed E-state index contributed by atoms with van der Waals surface area (Å²) in [7, 11) is 0. The maximum atomic E-state index is 6.48. The first kappa shape index (κ1) is 34.6. The van der Waals surface area contributed by atoms with Gasteiger partial charge in [0, 0.05) is 5.88 Å². The van der Waals surface area contributed by atoms with Gasteiger partial charge in [-0.2, -0.15) is 0 Å². The van der Waals surface area contributed by atoms with E-state index in [9.17, 15) is 0 Å². The van der Waals surface area contributed by atoms with Gasteiger partial charge >= 0.3 is 0 Å². The summed E-state index contributed by atoms with van der Waals surface area (Å²) in [5.41, 5.74) is 8.89. The topological polar surface area (TPSA) is 36.9 Å². The molecule has 0 unspecified atom stereocenters. The van der Waals surface area contributed by atoms with Crippen LogP contribution in [0.15, 0.2) is 164 Å². The monoisotopic (exact) mass is 680 g/mol. The van der Waals surface area contributed by atoms with E-state index in [4.69, 9.17) is 30.5 Å². The van der Waals surface area contributed by atoms with Crippen LogP contribution in [-0.4, -0.2) is 19.1 Å². The minimum Gasteiger partial charge on any atom is -0.491 e. The number of ether oxygens (including phenoxy) is 4. The number of benzene rings is 6. The number of halogens is 1. The molecule has 252 valence electrons. The summed E-state index contributed by atoms with van der Waals surface area (Å²) in [4.78, 5) is 0. The number of hydrogen-bond acceptors (Lipinski definition) is 4. The van der Waals surface area contributed by atoms with Gasteiger partial charge < -0.3 is 18.9 Å². The van der Waals surface area contributed by atoms with E-state index in [1.165, 1.54) is 0 Å². The predicted octanol–water partition coefficient (Wildman–Crippen LogP) is 11.0. The number of allylic oxidation sites excluding steroid dienone is 1. The Morgan fingerprint density at radius 2 is 0.800 bits per heavy atom. The van der Waals surface area contributed by atoms with Crippen molar-refractivity contribution < 1.29 is 18.9 Å². The van der Waals surface area contributed by atoms with Gasteiger partial charge in [0.2, 0.25) is 0 Å². The van der Waals surface area contributed by atoms with Gasteiger partial charge in [-0.15, -0.1) is 11.6 Å². The maximum absolute atomic E-state index is 6.48. The van der Waals surface area contributed by atoms with Crippen LogP contribution in [0.2, 0.25) is 0 Å². The van der Waals surface area contributed by atoms with Crippen molar-refractivity contribution in [2.75, 3.05) is 19.1 Å². The average molecular weight is 681 g/mol. The second kappa shape index (κ2) is 18.5. The van der Waals surface area contributed by atoms with Gasteiger partial charge in [0.25, 0.3) is 0 Å². The smallest absolute Gasteiger partial charge is 0.119 e. The van der Waals surface area contributed by atoms with Gasteiger partial charge in [-0.25, -0.2) is 0 Å². The largest absolute Gasteiger partial charge is 0.491 e. The van der Waals surface area contributed by atoms with E-state index in [2.05, 4.69) is 72.8 Å². The lowest BCUT2D eigenvalue weighted by atomic mass is 9.88. The summed E-state index contributed by atoms with van der Waals surface area (Å²) in [5.74, 6) is 2.90. The highest BCUT2D eigenvalue weighted by Gasteiger charge is 2.15. The molecule has 0 fully saturated rings. The zero-order valence-corrected chi connectivity index (χ0v) is 28.8. The molecule has 0 bridgehead atoms. The summed E-state index contributed by atoms with van der Waals surface area (Å²) in [6.45, 7) is 2.57. The lowest BCUT2D eigenvalue weighted by molar-refractivity contribution is 0.0889. The van der Waals surface area contributed by atoms with Gasteiger partial charge in [-0.3, -0.25) is 0 Å². The van der Waals surface area contributed by atoms with Crippen LogP contribution in [0.5, 0.6) is 17.2 Å². The van der Waals surface area contributed by atoms with Gasteiger partial charge in [-0.1, -0.05) is 127 Å². The zero-order chi connectivity index (χ0) is 34.2. The molecule has 0 amide bonds. The number of alkyl halides is 1. The van der Waals surface area contributed by atoms with Crippen molar-refractivity contribution in [2.24, 2.45) is 0 Å². The molecule has 0 aliphatic heterocycles. The average Bonchev–Trinajstić information content (AvgIpc) is 3.18. The molecular weight excluding hydrogens is 640 g/mol. The normalized spacial score (nSPS) is 11.5. The molecule has 0 aliphatic carbocycles. The Balaban J connectivity index is 1.22. The van der Waals surface area contributed by atoms with Crippen LogP contribution in [0.25, 0.3) is 11.1 Å². The van der Waals surface area contributed by atoms with Crippen molar-refractivity contribution in [3.05, 3.63) is 197 Å². The first-order chi connectivity index (χ1) is 24.7. The van der Waals surface area contributed by atoms with E-state index in [0.717, 1.165) is 61.8 Å². The Morgan fingerprint density at radius 1 is 0.400 bits per heavy atom. The molecule has 4 nitrogen and oxygen atoms in total. The Bertz CT molecular complexity index is 1890. The van der Waals surface area contributed by atoms with Crippen molar-refractivity contribution >= 4 is 22.7 Å². The highest BCUT2D eigenvalue weighted by Crippen LogP contribution is 2.37. The predicted molar refractivity (Wildman–Crippen MR) is 204 cm³/mol. The lowest BCUT2D eigenvalue weighted by Crippen LogP contribution is -2.06. The molecule has 0 aromatic heterocycles. The molecule has 0 saturated carbocycles. The van der Waals surface area contributed by atoms with Gasteiger partial charge in [-0.05, 0) is 87.3 Å². The molecule has 0 saturated heterocycles. The SMILES string of the molecule is ClCC/C(=C(\c1ccc(OCCOCc2ccccc2)cc1)c1ccc(OCc2ccccc2)cc1)c1ccc(OCc2ccccc2)cc1. The molecule has 0 aliphatic rings. The maximum Gasteiger partial charge on any atom is 0.119 e. The standard InChI is InChI=1S/C45H41ClO4/c46-29-28-44(38-16-22-42(23-17-38)49-33-36-12-6-2-7-13-36)45(40-20-26-43(27-21-40)50-34-37-14-8-3-9-15-37)39-18-24-41(25-19-39)48-31-30-47-32-35-10-4-1-5-11-35/h1-27H,28-34H2/b45-44-. The van der Waals surface area contributed by atoms with Gasteiger partial charge in [0.15, 0.2) is 0 Å². The highest BCUT2D eigenvalue weighted by molar-refractivity contribution is 6.18. The van der Waals surface area contributed by atoms with Gasteiger partial charge in [0.05, 0.1) is 13.2 Å². The third-order valence-corrected chi connectivity index (χ3v) is 8.43. The third kappa shape index (κ3) is 10.1. The molecule has 50 heavy (non-hydrogen) atoms. The first-order valence-corrected chi connectivity index (χ1v) is 17.5. The van der Waals surface area contributed by atoms with Crippen LogP contribution in [-0.2, 0) is 24.6 Å². The van der Waals surface area contributed by atoms with E-state index in [0.29, 0.717) is 45.3 Å². The number of hydrogen-bond donors (Lipinski definition) is 0. The molecule has 0 atom stereocenters. The highest BCUT2D eigenvalue weighted by atomic mass is 35.5. The van der Waals surface area contributed by atoms with Gasteiger partial charge in [0.1, 0.15) is 37.1 Å². The fraction of sp³-hybridized carbons (Fsp3) is 0.156. The van der Waals surface area contributed by atoms with Crippen LogP contribution in [0, 0.1) is 0 Å². The van der Waals surface area contributed by atoms with Crippen molar-refractivity contribution in [1.82, 2.24) is 0 Å². The minimum absolute atomic E-state index is 0.468. The van der Waals surface area contributed by atoms with E-state index in [-0.39, 0.29) is 0 Å². The molecule has 0 N–H and O–H groups in total. The van der Waals surface area contributed by atoms with Crippen molar-refractivity contribution in [3.63, 3.8) is 0 Å². The quantitative estimate of drug-likeness (QED) is 0.0546. The third-order valence-electron chi connectivity index (χ3n) is 8.24. The first-order valence-electron chi connectivity index (χ1n) is 16.9. The Hall–Kier alpha value is -5.29. The molecule has 0 radical (unpaired) electrons. The zero-order valence-electron chi connectivity index (χ0n) is 28.0. The van der Waals surface area contributed by atoms with Crippen molar-refractivity contribution in [1.29, 1.82) is 0 Å². The summed E-state index contributed by atoms with van der Waals surface area (Å²) in [6.07, 6.45) is 0.685. The molecular formula is C45H41ClO4. The van der Waals surface area contributed by atoms with Crippen LogP contribution in [0.3, 0.4) is 0 Å². The fourth-order valence-corrected chi connectivity index (χ4v) is 5.86. The second-order valence-corrected chi connectivity index (χ2v) is 12.2. The Morgan fingerprint density at radius 3 is 1.24 bits per heavy atom. The molecule has 6 aromatic rings. The molecule has 5 heteroatoms. The Labute approximate surface area is 300 Å². The van der Waals surface area contributed by atoms with E-state index >= 15 is 0 Å². The molecule has 0 spiro atoms. The molecule has 6 aromatic carbocycles. The molecule has 6 rings (SSSR count). The Kier molecular flexibility index (Phi) is 12.8.